The maximum atomic E-state index is 11.2. The van der Waals surface area contributed by atoms with Crippen molar-refractivity contribution in [3.63, 3.8) is 0 Å². The Bertz CT molecular complexity index is 795. The maximum absolute atomic E-state index is 11.2. The Kier molecular flexibility index (Phi) is 5.58. The smallest absolute Gasteiger partial charge is 0.267 e. The zero-order valence-corrected chi connectivity index (χ0v) is 16.2. The average molecular weight is 369 g/mol. The van der Waals surface area contributed by atoms with Gasteiger partial charge in [-0.15, -0.1) is 0 Å². The number of nitrogens with zero attached hydrogens (tertiary/aromatic N) is 4. The van der Waals surface area contributed by atoms with E-state index in [1.165, 1.54) is 0 Å². The van der Waals surface area contributed by atoms with Gasteiger partial charge >= 0.3 is 0 Å². The van der Waals surface area contributed by atoms with Crippen LogP contribution in [-0.4, -0.2) is 40.6 Å². The number of nitrogens with two attached hydrogens (primary N) is 1. The second-order valence-electron chi connectivity index (χ2n) is 7.97. The van der Waals surface area contributed by atoms with Crippen molar-refractivity contribution in [3.8, 4) is 5.75 Å². The summed E-state index contributed by atoms with van der Waals surface area (Å²) in [4.78, 5) is 26.6. The fraction of sp³-hybridized carbons (Fsp3) is 0.500. The van der Waals surface area contributed by atoms with Gasteiger partial charge in [0.15, 0.2) is 0 Å². The van der Waals surface area contributed by atoms with E-state index in [9.17, 15) is 4.79 Å². The predicted octanol–water partition coefficient (Wildman–Crippen LogP) is 2.56. The number of pyridine rings is 1. The molecule has 144 valence electrons. The normalized spacial score (nSPS) is 15.6. The number of hydrogen-bond acceptors (Lipinski definition) is 6. The summed E-state index contributed by atoms with van der Waals surface area (Å²) in [6.45, 7) is 8.87. The first-order valence-corrected chi connectivity index (χ1v) is 9.30. The lowest BCUT2D eigenvalue weighted by molar-refractivity contribution is 0.0995. The van der Waals surface area contributed by atoms with Crippen LogP contribution in [-0.2, 0) is 5.41 Å². The third kappa shape index (κ3) is 4.93. The first-order valence-electron chi connectivity index (χ1n) is 9.30. The first kappa shape index (κ1) is 19.1. The van der Waals surface area contributed by atoms with Crippen molar-refractivity contribution in [1.29, 1.82) is 0 Å². The van der Waals surface area contributed by atoms with Gasteiger partial charge in [-0.2, -0.15) is 0 Å². The van der Waals surface area contributed by atoms with E-state index < -0.39 is 5.91 Å². The molecule has 0 aromatic carbocycles. The highest BCUT2D eigenvalue weighted by molar-refractivity contribution is 5.91. The van der Waals surface area contributed by atoms with Gasteiger partial charge in [0.2, 0.25) is 0 Å². The summed E-state index contributed by atoms with van der Waals surface area (Å²) in [6, 6.07) is 5.32. The Balaban J connectivity index is 1.54. The second-order valence-corrected chi connectivity index (χ2v) is 7.97. The molecule has 0 unspecified atom stereocenters. The number of primary amides is 1. The predicted molar refractivity (Wildman–Crippen MR) is 104 cm³/mol. The molecule has 3 heterocycles. The highest BCUT2D eigenvalue weighted by Gasteiger charge is 2.23. The molecule has 0 aliphatic carbocycles. The Morgan fingerprint density at radius 3 is 2.59 bits per heavy atom. The van der Waals surface area contributed by atoms with Gasteiger partial charge in [-0.3, -0.25) is 9.78 Å². The molecule has 0 spiro atoms. The lowest BCUT2D eigenvalue weighted by Gasteiger charge is -2.33. The standard InChI is InChI=1S/C20H27N5O2/c1-20(2,3)19-23-9-5-17(24-19)25-10-6-14(7-11-25)13-27-15-4-8-22-16(12-15)18(21)26/h4-5,8-9,12,14H,6-7,10-11,13H2,1-3H3,(H2,21,26). The molecular weight excluding hydrogens is 342 g/mol. The lowest BCUT2D eigenvalue weighted by atomic mass is 9.95. The summed E-state index contributed by atoms with van der Waals surface area (Å²) in [7, 11) is 0. The van der Waals surface area contributed by atoms with Crippen LogP contribution in [0.2, 0.25) is 0 Å². The van der Waals surface area contributed by atoms with E-state index in [1.54, 1.807) is 18.3 Å². The van der Waals surface area contributed by atoms with Crippen molar-refractivity contribution >= 4 is 11.7 Å². The van der Waals surface area contributed by atoms with Crippen LogP contribution in [0.25, 0.3) is 0 Å². The molecule has 0 atom stereocenters. The highest BCUT2D eigenvalue weighted by Crippen LogP contribution is 2.25. The van der Waals surface area contributed by atoms with Gasteiger partial charge in [-0.25, -0.2) is 9.97 Å². The topological polar surface area (TPSA) is 94.2 Å². The molecule has 0 radical (unpaired) electrons. The molecule has 1 fully saturated rings. The second kappa shape index (κ2) is 7.90. The Morgan fingerprint density at radius 2 is 1.93 bits per heavy atom. The van der Waals surface area contributed by atoms with E-state index >= 15 is 0 Å². The molecular formula is C20H27N5O2. The van der Waals surface area contributed by atoms with Gasteiger partial charge in [0.05, 0.1) is 6.61 Å². The van der Waals surface area contributed by atoms with E-state index in [1.807, 2.05) is 12.3 Å². The molecule has 2 aromatic heterocycles. The summed E-state index contributed by atoms with van der Waals surface area (Å²) in [6.07, 6.45) is 5.45. The molecule has 3 rings (SSSR count). The lowest BCUT2D eigenvalue weighted by Crippen LogP contribution is -2.36. The number of rotatable bonds is 5. The molecule has 27 heavy (non-hydrogen) atoms. The molecule has 0 bridgehead atoms. The van der Waals surface area contributed by atoms with Gasteiger partial charge in [0.1, 0.15) is 23.1 Å². The number of piperidine rings is 1. The van der Waals surface area contributed by atoms with E-state index in [4.69, 9.17) is 15.5 Å². The van der Waals surface area contributed by atoms with Crippen LogP contribution in [0.3, 0.4) is 0 Å². The van der Waals surface area contributed by atoms with Crippen LogP contribution < -0.4 is 15.4 Å². The fourth-order valence-electron chi connectivity index (χ4n) is 3.07. The fourth-order valence-corrected chi connectivity index (χ4v) is 3.07. The maximum Gasteiger partial charge on any atom is 0.267 e. The largest absolute Gasteiger partial charge is 0.493 e. The van der Waals surface area contributed by atoms with Crippen molar-refractivity contribution < 1.29 is 9.53 Å². The summed E-state index contributed by atoms with van der Waals surface area (Å²) in [5.41, 5.74) is 5.42. The van der Waals surface area contributed by atoms with Crippen LogP contribution in [0.4, 0.5) is 5.82 Å². The number of aromatic nitrogens is 3. The zero-order valence-electron chi connectivity index (χ0n) is 16.2. The Labute approximate surface area is 160 Å². The quantitative estimate of drug-likeness (QED) is 0.870. The summed E-state index contributed by atoms with van der Waals surface area (Å²) in [5, 5.41) is 0. The molecule has 1 aliphatic heterocycles. The van der Waals surface area contributed by atoms with Crippen molar-refractivity contribution in [2.24, 2.45) is 11.7 Å². The molecule has 1 amide bonds. The third-order valence-electron chi connectivity index (χ3n) is 4.72. The number of hydrogen-bond donors (Lipinski definition) is 1. The molecule has 1 saturated heterocycles. The summed E-state index contributed by atoms with van der Waals surface area (Å²) < 4.78 is 5.85. The molecule has 0 saturated carbocycles. The van der Waals surface area contributed by atoms with Crippen molar-refractivity contribution in [3.05, 3.63) is 42.1 Å². The van der Waals surface area contributed by atoms with Crippen LogP contribution >= 0.6 is 0 Å². The van der Waals surface area contributed by atoms with E-state index in [0.29, 0.717) is 18.3 Å². The average Bonchev–Trinajstić information content (AvgIpc) is 2.66. The number of ether oxygens (including phenoxy) is 1. The SMILES string of the molecule is CC(C)(C)c1nccc(N2CCC(COc3ccnc(C(N)=O)c3)CC2)n1. The number of carbonyl (C=O) groups excluding carboxylic acids is 1. The molecule has 1 aliphatic rings. The van der Waals surface area contributed by atoms with Gasteiger partial charge < -0.3 is 15.4 Å². The molecule has 7 heteroatoms. The van der Waals surface area contributed by atoms with Crippen LogP contribution in [0.1, 0.15) is 49.9 Å². The van der Waals surface area contributed by atoms with Gasteiger partial charge in [0.25, 0.3) is 5.91 Å². The highest BCUT2D eigenvalue weighted by atomic mass is 16.5. The summed E-state index contributed by atoms with van der Waals surface area (Å²) >= 11 is 0. The zero-order chi connectivity index (χ0) is 19.4. The van der Waals surface area contributed by atoms with E-state index in [-0.39, 0.29) is 11.1 Å². The van der Waals surface area contributed by atoms with E-state index in [0.717, 1.165) is 37.6 Å². The third-order valence-corrected chi connectivity index (χ3v) is 4.72. The van der Waals surface area contributed by atoms with Gasteiger partial charge in [0, 0.05) is 37.0 Å². The van der Waals surface area contributed by atoms with Gasteiger partial charge in [-0.05, 0) is 30.9 Å². The van der Waals surface area contributed by atoms with Crippen LogP contribution in [0.5, 0.6) is 5.75 Å². The number of anilines is 1. The molecule has 7 nitrogen and oxygen atoms in total. The number of carbonyl (C=O) groups is 1. The molecule has 2 aromatic rings. The van der Waals surface area contributed by atoms with Crippen molar-refractivity contribution in [1.82, 2.24) is 15.0 Å². The Hall–Kier alpha value is -2.70. The van der Waals surface area contributed by atoms with Gasteiger partial charge in [-0.1, -0.05) is 20.8 Å². The first-order chi connectivity index (χ1) is 12.8. The van der Waals surface area contributed by atoms with Crippen molar-refractivity contribution in [2.45, 2.75) is 39.0 Å². The monoisotopic (exact) mass is 369 g/mol. The minimum atomic E-state index is -0.548. The molecule has 2 N–H and O–H groups in total. The van der Waals surface area contributed by atoms with Crippen LogP contribution in [0, 0.1) is 5.92 Å². The summed E-state index contributed by atoms with van der Waals surface area (Å²) in [5.74, 6) is 2.42. The van der Waals surface area contributed by atoms with E-state index in [2.05, 4.69) is 35.6 Å². The van der Waals surface area contributed by atoms with Crippen molar-refractivity contribution in [2.75, 3.05) is 24.6 Å². The Morgan fingerprint density at radius 1 is 1.22 bits per heavy atom. The minimum Gasteiger partial charge on any atom is -0.493 e. The number of amides is 1. The minimum absolute atomic E-state index is 0.0590. The van der Waals surface area contributed by atoms with Crippen LogP contribution in [0.15, 0.2) is 30.6 Å².